The van der Waals surface area contributed by atoms with Crippen molar-refractivity contribution in [3.63, 3.8) is 0 Å². The third-order valence-electron chi connectivity index (χ3n) is 3.33. The minimum absolute atomic E-state index is 0.122. The molecule has 0 spiro atoms. The first kappa shape index (κ1) is 14.7. The van der Waals surface area contributed by atoms with Crippen LogP contribution in [0.3, 0.4) is 0 Å². The van der Waals surface area contributed by atoms with Gasteiger partial charge >= 0.3 is 5.97 Å². The molecule has 1 aromatic rings. The number of hydrogen-bond donors (Lipinski definition) is 2. The molecular formula is C15H22O3. The van der Waals surface area contributed by atoms with E-state index in [1.807, 2.05) is 30.3 Å². The van der Waals surface area contributed by atoms with Crippen LogP contribution in [0.5, 0.6) is 0 Å². The molecule has 1 aromatic carbocycles. The van der Waals surface area contributed by atoms with E-state index in [1.54, 1.807) is 6.92 Å². The number of unbranched alkanes of at least 4 members (excludes halogenated alkanes) is 1. The highest BCUT2D eigenvalue weighted by atomic mass is 16.4. The summed E-state index contributed by atoms with van der Waals surface area (Å²) in [7, 11) is 0. The predicted molar refractivity (Wildman–Crippen MR) is 71.5 cm³/mol. The lowest BCUT2D eigenvalue weighted by molar-refractivity contribution is -0.146. The first-order valence-electron chi connectivity index (χ1n) is 6.53. The molecule has 2 N–H and O–H groups in total. The van der Waals surface area contributed by atoms with Crippen molar-refractivity contribution in [1.29, 1.82) is 0 Å². The fraction of sp³-hybridized carbons (Fsp3) is 0.533. The van der Waals surface area contributed by atoms with E-state index < -0.39 is 18.0 Å². The first-order valence-corrected chi connectivity index (χ1v) is 6.53. The zero-order valence-corrected chi connectivity index (χ0v) is 11.0. The Morgan fingerprint density at radius 2 is 1.89 bits per heavy atom. The maximum atomic E-state index is 11.4. The van der Waals surface area contributed by atoms with E-state index in [2.05, 4.69) is 6.92 Å². The molecule has 0 aromatic heterocycles. The molecule has 0 bridgehead atoms. The van der Waals surface area contributed by atoms with E-state index in [4.69, 9.17) is 0 Å². The molecule has 0 aliphatic carbocycles. The summed E-state index contributed by atoms with van der Waals surface area (Å²) in [6.45, 7) is 3.64. The number of aliphatic carboxylic acids is 1. The molecule has 0 aliphatic rings. The zero-order valence-electron chi connectivity index (χ0n) is 11.0. The van der Waals surface area contributed by atoms with Gasteiger partial charge < -0.3 is 10.2 Å². The summed E-state index contributed by atoms with van der Waals surface area (Å²) in [5.74, 6) is -1.78. The Kier molecular flexibility index (Phi) is 5.86. The van der Waals surface area contributed by atoms with Gasteiger partial charge in [0, 0.05) is 0 Å². The number of aliphatic hydroxyl groups is 1. The van der Waals surface area contributed by atoms with Gasteiger partial charge in [0.2, 0.25) is 0 Å². The quantitative estimate of drug-likeness (QED) is 0.782. The molecule has 0 aliphatic heterocycles. The lowest BCUT2D eigenvalue weighted by atomic mass is 9.80. The summed E-state index contributed by atoms with van der Waals surface area (Å²) in [6, 6.07) is 9.63. The van der Waals surface area contributed by atoms with Crippen LogP contribution in [0.15, 0.2) is 30.3 Å². The minimum atomic E-state index is -0.921. The Labute approximate surface area is 108 Å². The number of carboxylic acids is 1. The topological polar surface area (TPSA) is 57.5 Å². The van der Waals surface area contributed by atoms with Gasteiger partial charge in [0.05, 0.1) is 12.0 Å². The second kappa shape index (κ2) is 7.17. The maximum Gasteiger partial charge on any atom is 0.309 e. The molecule has 0 saturated heterocycles. The van der Waals surface area contributed by atoms with Crippen molar-refractivity contribution in [1.82, 2.24) is 0 Å². The highest BCUT2D eigenvalue weighted by molar-refractivity contribution is 5.72. The van der Waals surface area contributed by atoms with Gasteiger partial charge in [0.1, 0.15) is 0 Å². The molecule has 18 heavy (non-hydrogen) atoms. The Bertz CT molecular complexity index is 359. The molecule has 0 fully saturated rings. The van der Waals surface area contributed by atoms with E-state index >= 15 is 0 Å². The summed E-state index contributed by atoms with van der Waals surface area (Å²) in [5.41, 5.74) is 0.999. The van der Waals surface area contributed by atoms with Crippen molar-refractivity contribution in [2.24, 2.45) is 5.92 Å². The standard InChI is InChI=1S/C15H22O3/c1-3-4-10-13(12-8-6-5-7-9-12)14(11(2)16)15(17)18/h5-9,11,13-14,16H,3-4,10H2,1-2H3,(H,17,18). The third kappa shape index (κ3) is 3.84. The Hall–Kier alpha value is -1.35. The van der Waals surface area contributed by atoms with E-state index in [0.717, 1.165) is 24.8 Å². The smallest absolute Gasteiger partial charge is 0.309 e. The molecule has 0 saturated carbocycles. The van der Waals surface area contributed by atoms with Gasteiger partial charge in [-0.3, -0.25) is 4.79 Å². The van der Waals surface area contributed by atoms with Gasteiger partial charge in [0.15, 0.2) is 0 Å². The number of aliphatic hydroxyl groups excluding tert-OH is 1. The molecule has 0 heterocycles. The summed E-state index contributed by atoms with van der Waals surface area (Å²) in [6.07, 6.45) is 1.94. The molecule has 3 nitrogen and oxygen atoms in total. The van der Waals surface area contributed by atoms with Gasteiger partial charge in [-0.2, -0.15) is 0 Å². The van der Waals surface area contributed by atoms with Crippen molar-refractivity contribution >= 4 is 5.97 Å². The number of carbonyl (C=O) groups is 1. The van der Waals surface area contributed by atoms with Crippen LogP contribution < -0.4 is 0 Å². The predicted octanol–water partition coefficient (Wildman–Crippen LogP) is 3.04. The van der Waals surface area contributed by atoms with Gasteiger partial charge in [0.25, 0.3) is 0 Å². The van der Waals surface area contributed by atoms with E-state index in [0.29, 0.717) is 0 Å². The monoisotopic (exact) mass is 250 g/mol. The highest BCUT2D eigenvalue weighted by Gasteiger charge is 2.32. The van der Waals surface area contributed by atoms with Crippen LogP contribution in [0.25, 0.3) is 0 Å². The van der Waals surface area contributed by atoms with Crippen molar-refractivity contribution in [2.75, 3.05) is 0 Å². The van der Waals surface area contributed by atoms with Gasteiger partial charge in [-0.25, -0.2) is 0 Å². The van der Waals surface area contributed by atoms with Gasteiger partial charge in [-0.05, 0) is 24.8 Å². The Morgan fingerprint density at radius 1 is 1.28 bits per heavy atom. The second-order valence-corrected chi connectivity index (χ2v) is 4.76. The van der Waals surface area contributed by atoms with Crippen LogP contribution in [0.4, 0.5) is 0 Å². The van der Waals surface area contributed by atoms with E-state index in [9.17, 15) is 15.0 Å². The van der Waals surface area contributed by atoms with Crippen molar-refractivity contribution in [3.05, 3.63) is 35.9 Å². The Morgan fingerprint density at radius 3 is 2.33 bits per heavy atom. The number of benzene rings is 1. The van der Waals surface area contributed by atoms with E-state index in [-0.39, 0.29) is 5.92 Å². The minimum Gasteiger partial charge on any atom is -0.481 e. The van der Waals surface area contributed by atoms with Gasteiger partial charge in [-0.15, -0.1) is 0 Å². The molecule has 100 valence electrons. The summed E-state index contributed by atoms with van der Waals surface area (Å²) in [4.78, 5) is 11.4. The number of rotatable bonds is 7. The lowest BCUT2D eigenvalue weighted by Crippen LogP contribution is -2.31. The van der Waals surface area contributed by atoms with Crippen LogP contribution in [0.2, 0.25) is 0 Å². The molecule has 3 atom stereocenters. The summed E-state index contributed by atoms with van der Waals surface area (Å²) in [5, 5.41) is 19.0. The maximum absolute atomic E-state index is 11.4. The molecule has 0 radical (unpaired) electrons. The van der Waals surface area contributed by atoms with Crippen LogP contribution in [0.1, 0.15) is 44.6 Å². The van der Waals surface area contributed by atoms with Gasteiger partial charge in [-0.1, -0.05) is 50.1 Å². The third-order valence-corrected chi connectivity index (χ3v) is 3.33. The molecule has 3 heteroatoms. The number of hydrogen-bond acceptors (Lipinski definition) is 2. The molecule has 3 unspecified atom stereocenters. The van der Waals surface area contributed by atoms with Crippen LogP contribution in [0, 0.1) is 5.92 Å². The van der Waals surface area contributed by atoms with Crippen molar-refractivity contribution in [2.45, 2.75) is 45.1 Å². The normalized spacial score (nSPS) is 15.9. The lowest BCUT2D eigenvalue weighted by Gasteiger charge is -2.26. The summed E-state index contributed by atoms with van der Waals surface area (Å²) < 4.78 is 0. The largest absolute Gasteiger partial charge is 0.481 e. The highest BCUT2D eigenvalue weighted by Crippen LogP contribution is 2.32. The fourth-order valence-corrected chi connectivity index (χ4v) is 2.39. The molecule has 1 rings (SSSR count). The summed E-state index contributed by atoms with van der Waals surface area (Å²) >= 11 is 0. The molecular weight excluding hydrogens is 228 g/mol. The number of carboxylic acid groups (broad SMARTS) is 1. The van der Waals surface area contributed by atoms with E-state index in [1.165, 1.54) is 0 Å². The fourth-order valence-electron chi connectivity index (χ4n) is 2.39. The Balaban J connectivity index is 2.99. The van der Waals surface area contributed by atoms with Crippen molar-refractivity contribution in [3.8, 4) is 0 Å². The first-order chi connectivity index (χ1) is 8.57. The molecule has 0 amide bonds. The second-order valence-electron chi connectivity index (χ2n) is 4.76. The van der Waals surface area contributed by atoms with Crippen molar-refractivity contribution < 1.29 is 15.0 Å². The zero-order chi connectivity index (χ0) is 13.5. The van der Waals surface area contributed by atoms with Crippen LogP contribution in [-0.4, -0.2) is 22.3 Å². The van der Waals surface area contributed by atoms with Crippen LogP contribution in [-0.2, 0) is 4.79 Å². The van der Waals surface area contributed by atoms with Crippen LogP contribution >= 0.6 is 0 Å². The average molecular weight is 250 g/mol. The average Bonchev–Trinajstić information content (AvgIpc) is 2.34. The SMILES string of the molecule is CCCCC(c1ccccc1)C(C(=O)O)C(C)O.